The van der Waals surface area contributed by atoms with E-state index in [1.54, 1.807) is 7.11 Å². The summed E-state index contributed by atoms with van der Waals surface area (Å²) < 4.78 is 5.39. The minimum Gasteiger partial charge on any atom is -0.496 e. The number of carbonyl (C=O) groups excluding carboxylic acids is 2. The molecule has 0 N–H and O–H groups in total. The van der Waals surface area contributed by atoms with Crippen LogP contribution in [0.15, 0.2) is 18.2 Å². The lowest BCUT2D eigenvalue weighted by molar-refractivity contribution is -0.139. The summed E-state index contributed by atoms with van der Waals surface area (Å²) in [5, 5.41) is 0. The monoisotopic (exact) mass is 330 g/mol. The van der Waals surface area contributed by atoms with Crippen molar-refractivity contribution < 1.29 is 14.3 Å². The van der Waals surface area contributed by atoms with Crippen LogP contribution in [0.25, 0.3) is 0 Å². The minimum atomic E-state index is -0.0595. The van der Waals surface area contributed by atoms with E-state index in [1.807, 2.05) is 34.9 Å². The van der Waals surface area contributed by atoms with E-state index in [0.29, 0.717) is 24.4 Å². The Morgan fingerprint density at radius 2 is 2.08 bits per heavy atom. The lowest BCUT2D eigenvalue weighted by atomic mass is 9.94. The van der Waals surface area contributed by atoms with Crippen molar-refractivity contribution in [3.8, 4) is 5.75 Å². The van der Waals surface area contributed by atoms with Gasteiger partial charge in [0.15, 0.2) is 0 Å². The van der Waals surface area contributed by atoms with Gasteiger partial charge in [0, 0.05) is 25.7 Å². The standard InChI is InChI=1S/C19H26N2O3/c1-4-9-21-15-7-6-14(18(21)22)11-20(12-15)19(23)16-8-5-13(2)10-17(16)24-3/h5,8,10,14-15H,4,6-7,9,11-12H2,1-3H3/t14-,15+/m0/s1. The molecule has 2 bridgehead atoms. The van der Waals surface area contributed by atoms with Crippen LogP contribution in [0.4, 0.5) is 0 Å². The Hall–Kier alpha value is -2.04. The van der Waals surface area contributed by atoms with Crippen molar-refractivity contribution in [1.82, 2.24) is 9.80 Å². The van der Waals surface area contributed by atoms with Gasteiger partial charge >= 0.3 is 0 Å². The lowest BCUT2D eigenvalue weighted by Crippen LogP contribution is -2.48. The van der Waals surface area contributed by atoms with Gasteiger partial charge in [-0.1, -0.05) is 13.0 Å². The van der Waals surface area contributed by atoms with Gasteiger partial charge in [0.1, 0.15) is 5.75 Å². The van der Waals surface area contributed by atoms with Gasteiger partial charge in [-0.15, -0.1) is 0 Å². The maximum Gasteiger partial charge on any atom is 0.257 e. The molecule has 0 unspecified atom stereocenters. The van der Waals surface area contributed by atoms with E-state index >= 15 is 0 Å². The topological polar surface area (TPSA) is 49.9 Å². The zero-order valence-corrected chi connectivity index (χ0v) is 14.7. The van der Waals surface area contributed by atoms with E-state index in [2.05, 4.69) is 6.92 Å². The normalized spacial score (nSPS) is 23.4. The second-order valence-electron chi connectivity index (χ2n) is 6.87. The van der Waals surface area contributed by atoms with Crippen LogP contribution < -0.4 is 4.74 Å². The highest BCUT2D eigenvalue weighted by molar-refractivity contribution is 5.97. The molecule has 5 nitrogen and oxygen atoms in total. The fourth-order valence-corrected chi connectivity index (χ4v) is 3.89. The Kier molecular flexibility index (Phi) is 4.78. The third-order valence-electron chi connectivity index (χ3n) is 5.13. The number of ether oxygens (including phenoxy) is 1. The maximum absolute atomic E-state index is 13.0. The highest BCUT2D eigenvalue weighted by atomic mass is 16.5. The van der Waals surface area contributed by atoms with E-state index in [-0.39, 0.29) is 23.8 Å². The third kappa shape index (κ3) is 2.99. The highest BCUT2D eigenvalue weighted by Gasteiger charge is 2.41. The highest BCUT2D eigenvalue weighted by Crippen LogP contribution is 2.31. The lowest BCUT2D eigenvalue weighted by Gasteiger charge is -2.35. The number of hydrogen-bond acceptors (Lipinski definition) is 3. The van der Waals surface area contributed by atoms with E-state index in [0.717, 1.165) is 31.4 Å². The molecule has 3 aliphatic heterocycles. The number of carbonyl (C=O) groups is 2. The average molecular weight is 330 g/mol. The number of methoxy groups -OCH3 is 1. The van der Waals surface area contributed by atoms with Crippen LogP contribution in [0.3, 0.4) is 0 Å². The molecular weight excluding hydrogens is 304 g/mol. The number of rotatable bonds is 4. The zero-order chi connectivity index (χ0) is 17.3. The largest absolute Gasteiger partial charge is 0.496 e. The molecule has 3 fully saturated rings. The molecule has 3 saturated heterocycles. The Morgan fingerprint density at radius 1 is 1.29 bits per heavy atom. The molecule has 3 aliphatic rings. The Balaban J connectivity index is 1.86. The number of fused-ring (bicyclic) bond motifs is 4. The third-order valence-corrected chi connectivity index (χ3v) is 5.13. The summed E-state index contributed by atoms with van der Waals surface area (Å²) in [7, 11) is 1.59. The number of nitrogens with zero attached hydrogens (tertiary/aromatic N) is 2. The van der Waals surface area contributed by atoms with Gasteiger partial charge in [0.25, 0.3) is 5.91 Å². The molecule has 1 aromatic carbocycles. The van der Waals surface area contributed by atoms with Crippen molar-refractivity contribution in [3.05, 3.63) is 29.3 Å². The fourth-order valence-electron chi connectivity index (χ4n) is 3.89. The molecule has 5 heteroatoms. The molecule has 0 aromatic heterocycles. The number of amides is 2. The van der Waals surface area contributed by atoms with Gasteiger partial charge in [0.05, 0.1) is 18.6 Å². The number of aryl methyl sites for hydroxylation is 1. The van der Waals surface area contributed by atoms with Crippen LogP contribution in [-0.4, -0.2) is 54.4 Å². The van der Waals surface area contributed by atoms with E-state index in [4.69, 9.17) is 4.74 Å². The summed E-state index contributed by atoms with van der Waals surface area (Å²) in [5.74, 6) is 0.734. The molecule has 0 aliphatic carbocycles. The van der Waals surface area contributed by atoms with Gasteiger partial charge in [0.2, 0.25) is 5.91 Å². The number of hydrogen-bond donors (Lipinski definition) is 0. The molecule has 24 heavy (non-hydrogen) atoms. The van der Waals surface area contributed by atoms with Crippen LogP contribution in [0.2, 0.25) is 0 Å². The molecule has 1 aromatic rings. The first-order chi connectivity index (χ1) is 11.5. The molecular formula is C19H26N2O3. The molecule has 2 atom stereocenters. The minimum absolute atomic E-state index is 0.0325. The summed E-state index contributed by atoms with van der Waals surface area (Å²) in [6, 6.07) is 5.79. The van der Waals surface area contributed by atoms with Crippen molar-refractivity contribution >= 4 is 11.8 Å². The first kappa shape index (κ1) is 16.8. The number of benzene rings is 1. The summed E-state index contributed by atoms with van der Waals surface area (Å²) >= 11 is 0. The van der Waals surface area contributed by atoms with E-state index < -0.39 is 0 Å². The van der Waals surface area contributed by atoms with Crippen LogP contribution in [0.5, 0.6) is 5.75 Å². The fraction of sp³-hybridized carbons (Fsp3) is 0.579. The van der Waals surface area contributed by atoms with Gasteiger partial charge < -0.3 is 14.5 Å². The van der Waals surface area contributed by atoms with Gasteiger partial charge in [-0.25, -0.2) is 0 Å². The van der Waals surface area contributed by atoms with Crippen molar-refractivity contribution in [2.45, 2.75) is 39.2 Å². The smallest absolute Gasteiger partial charge is 0.257 e. The Labute approximate surface area is 143 Å². The average Bonchev–Trinajstić information content (AvgIpc) is 2.87. The van der Waals surface area contributed by atoms with Gasteiger partial charge in [-0.05, 0) is 43.9 Å². The Bertz CT molecular complexity index is 643. The van der Waals surface area contributed by atoms with Crippen molar-refractivity contribution in [3.63, 3.8) is 0 Å². The molecule has 4 rings (SSSR count). The SMILES string of the molecule is CCCN1C(=O)[C@H]2CC[C@@H]1CN(C(=O)c1ccc(C)cc1OC)C2. The van der Waals surface area contributed by atoms with Crippen LogP contribution in [0, 0.1) is 12.8 Å². The molecule has 130 valence electrons. The number of piperidine rings is 1. The van der Waals surface area contributed by atoms with Crippen LogP contribution >= 0.6 is 0 Å². The Morgan fingerprint density at radius 3 is 2.79 bits per heavy atom. The first-order valence-electron chi connectivity index (χ1n) is 8.79. The summed E-state index contributed by atoms with van der Waals surface area (Å²) in [5.41, 5.74) is 1.64. The van der Waals surface area contributed by atoms with Gasteiger partial charge in [-0.3, -0.25) is 9.59 Å². The summed E-state index contributed by atoms with van der Waals surface area (Å²) in [4.78, 5) is 29.5. The summed E-state index contributed by atoms with van der Waals surface area (Å²) in [6.07, 6.45) is 2.83. The van der Waals surface area contributed by atoms with Gasteiger partial charge in [-0.2, -0.15) is 0 Å². The molecule has 3 heterocycles. The molecule has 0 saturated carbocycles. The zero-order valence-electron chi connectivity index (χ0n) is 14.7. The van der Waals surface area contributed by atoms with Crippen molar-refractivity contribution in [2.75, 3.05) is 26.7 Å². The first-order valence-corrected chi connectivity index (χ1v) is 8.79. The quantitative estimate of drug-likeness (QED) is 0.852. The molecule has 2 amide bonds. The second-order valence-corrected chi connectivity index (χ2v) is 6.87. The predicted octanol–water partition coefficient (Wildman–Crippen LogP) is 2.48. The summed E-state index contributed by atoms with van der Waals surface area (Å²) in [6.45, 7) is 6.00. The predicted molar refractivity (Wildman–Crippen MR) is 92.2 cm³/mol. The van der Waals surface area contributed by atoms with Crippen LogP contribution in [-0.2, 0) is 4.79 Å². The van der Waals surface area contributed by atoms with Crippen molar-refractivity contribution in [2.24, 2.45) is 5.92 Å². The van der Waals surface area contributed by atoms with E-state index in [1.165, 1.54) is 0 Å². The molecule has 0 spiro atoms. The second kappa shape index (κ2) is 6.83. The maximum atomic E-state index is 13.0. The van der Waals surface area contributed by atoms with Crippen LogP contribution in [0.1, 0.15) is 42.1 Å². The molecule has 0 radical (unpaired) electrons. The van der Waals surface area contributed by atoms with E-state index in [9.17, 15) is 9.59 Å². The van der Waals surface area contributed by atoms with Crippen molar-refractivity contribution in [1.29, 1.82) is 0 Å².